The van der Waals surface area contributed by atoms with E-state index >= 15 is 0 Å². The second-order valence-electron chi connectivity index (χ2n) is 8.38. The molecule has 228 valence electrons. The number of rotatable bonds is 15. The molecule has 3 aromatic carbocycles. The zero-order valence-corrected chi connectivity index (χ0v) is 25.5. The highest BCUT2D eigenvalue weighted by Gasteiger charge is 2.30. The monoisotopic (exact) mass is 745 g/mol. The van der Waals surface area contributed by atoms with Crippen molar-refractivity contribution in [3.05, 3.63) is 93.0 Å². The summed E-state index contributed by atoms with van der Waals surface area (Å²) in [5.41, 5.74) is -1.17. The van der Waals surface area contributed by atoms with Crippen molar-refractivity contribution in [2.75, 3.05) is 23.7 Å². The molecule has 0 unspecified atom stereocenters. The lowest BCUT2D eigenvalue weighted by Gasteiger charge is -2.20. The second kappa shape index (κ2) is 15.2. The largest absolute Gasteiger partial charge is 0.483 e. The number of nitrogens with zero attached hydrogens (tertiary/aromatic N) is 1. The molecule has 0 aliphatic heterocycles. The van der Waals surface area contributed by atoms with E-state index in [0.29, 0.717) is 23.7 Å². The lowest BCUT2D eigenvalue weighted by Crippen LogP contribution is -2.26. The van der Waals surface area contributed by atoms with Gasteiger partial charge in [0, 0.05) is 29.8 Å². The van der Waals surface area contributed by atoms with Gasteiger partial charge in [0.1, 0.15) is 12.4 Å². The average Bonchev–Trinajstić information content (AvgIpc) is 2.93. The van der Waals surface area contributed by atoms with Crippen LogP contribution in [0, 0.1) is 21.7 Å². The third kappa shape index (κ3) is 9.71. The molecule has 0 saturated carbocycles. The predicted molar refractivity (Wildman–Crippen MR) is 151 cm³/mol. The summed E-state index contributed by atoms with van der Waals surface area (Å²) in [6, 6.07) is 8.93. The minimum Gasteiger partial charge on any atom is -0.483 e. The molecule has 0 spiro atoms. The summed E-state index contributed by atoms with van der Waals surface area (Å²) in [7, 11) is -3.51. The Balaban J connectivity index is 1.73. The maximum Gasteiger partial charge on any atom is 0.416 e. The van der Waals surface area contributed by atoms with Crippen LogP contribution in [0.2, 0.25) is 0 Å². The summed E-state index contributed by atoms with van der Waals surface area (Å²) in [4.78, 5) is 10.7. The summed E-state index contributed by atoms with van der Waals surface area (Å²) >= 11 is 6.40. The van der Waals surface area contributed by atoms with Gasteiger partial charge in [0.15, 0.2) is 17.4 Å². The van der Waals surface area contributed by atoms with E-state index in [1.807, 2.05) is 0 Å². The van der Waals surface area contributed by atoms with Gasteiger partial charge >= 0.3 is 19.5 Å². The molecule has 0 saturated heterocycles. The summed E-state index contributed by atoms with van der Waals surface area (Å²) in [6.45, 7) is -0.209. The summed E-state index contributed by atoms with van der Waals surface area (Å²) in [5.74, 6) is -3.31. The van der Waals surface area contributed by atoms with Crippen LogP contribution in [0.15, 0.2) is 54.6 Å². The fourth-order valence-electron chi connectivity index (χ4n) is 3.40. The van der Waals surface area contributed by atoms with Crippen LogP contribution in [-0.4, -0.2) is 28.7 Å². The first-order valence-corrected chi connectivity index (χ1v) is 15.8. The molecule has 0 radical (unpaired) electrons. The van der Waals surface area contributed by atoms with Crippen molar-refractivity contribution in [1.82, 2.24) is 10.2 Å². The normalized spacial score (nSPS) is 11.9. The SMILES string of the molecule is O=[N+]([O-])c1ccc(COc2c(F)cc(COP(=O)(NCCBr)NCCBr)cc2F)cc1Oc1ccc(C(F)(F)F)cc1. The molecule has 0 aliphatic carbocycles. The first kappa shape index (κ1) is 33.9. The molecule has 2 N–H and O–H groups in total. The third-order valence-corrected chi connectivity index (χ3v) is 7.88. The van der Waals surface area contributed by atoms with Crippen molar-refractivity contribution >= 4 is 45.2 Å². The minimum absolute atomic E-state index is 0.0430. The molecule has 42 heavy (non-hydrogen) atoms. The van der Waals surface area contributed by atoms with Gasteiger partial charge in [-0.05, 0) is 59.7 Å². The van der Waals surface area contributed by atoms with E-state index in [2.05, 4.69) is 42.0 Å². The highest BCUT2D eigenvalue weighted by molar-refractivity contribution is 9.09. The van der Waals surface area contributed by atoms with Gasteiger partial charge in [-0.15, -0.1) is 0 Å². The Labute approximate surface area is 253 Å². The van der Waals surface area contributed by atoms with Gasteiger partial charge in [-0.25, -0.2) is 19.0 Å². The Morgan fingerprint density at radius 3 is 2.00 bits per heavy atom. The minimum atomic E-state index is -4.58. The van der Waals surface area contributed by atoms with Crippen LogP contribution in [0.5, 0.6) is 17.2 Å². The third-order valence-electron chi connectivity index (χ3n) is 5.31. The molecule has 0 aromatic heterocycles. The van der Waals surface area contributed by atoms with Crippen molar-refractivity contribution in [3.63, 3.8) is 0 Å². The number of benzene rings is 3. The number of alkyl halides is 5. The molecule has 9 nitrogen and oxygen atoms in total. The van der Waals surface area contributed by atoms with Crippen LogP contribution >= 0.6 is 39.5 Å². The number of hydrogen-bond acceptors (Lipinski definition) is 6. The summed E-state index contributed by atoms with van der Waals surface area (Å²) in [6.07, 6.45) is -4.58. The van der Waals surface area contributed by atoms with Crippen molar-refractivity contribution in [2.24, 2.45) is 0 Å². The number of hydrogen-bond donors (Lipinski definition) is 2. The van der Waals surface area contributed by atoms with Crippen molar-refractivity contribution < 1.29 is 45.4 Å². The summed E-state index contributed by atoms with van der Waals surface area (Å²) < 4.78 is 97.0. The van der Waals surface area contributed by atoms with Gasteiger partial charge in [0.2, 0.25) is 5.75 Å². The van der Waals surface area contributed by atoms with E-state index in [9.17, 15) is 36.6 Å². The maximum absolute atomic E-state index is 14.8. The van der Waals surface area contributed by atoms with Crippen molar-refractivity contribution in [2.45, 2.75) is 19.4 Å². The zero-order chi connectivity index (χ0) is 30.9. The molecular formula is C25H23Br2F5N3O6P. The van der Waals surface area contributed by atoms with E-state index in [1.165, 1.54) is 12.1 Å². The number of halogens is 7. The zero-order valence-electron chi connectivity index (χ0n) is 21.4. The number of nitro groups is 1. The van der Waals surface area contributed by atoms with Gasteiger partial charge in [0.25, 0.3) is 0 Å². The maximum atomic E-state index is 14.8. The number of nitro benzene ring substituents is 1. The van der Waals surface area contributed by atoms with Crippen LogP contribution in [0.25, 0.3) is 0 Å². The first-order chi connectivity index (χ1) is 19.8. The Bertz CT molecular complexity index is 1400. The smallest absolute Gasteiger partial charge is 0.416 e. The lowest BCUT2D eigenvalue weighted by molar-refractivity contribution is -0.385. The highest BCUT2D eigenvalue weighted by atomic mass is 79.9. The van der Waals surface area contributed by atoms with Gasteiger partial charge in [-0.2, -0.15) is 13.2 Å². The standard InChI is InChI=1S/C25H23Br2F5N3O6P/c26-7-9-33-42(38,34-10-8-27)40-15-17-11-20(28)24(21(29)12-17)39-14-16-1-6-22(35(36)37)23(13-16)41-19-4-2-18(3-5-19)25(30,31)32/h1-6,11-13H,7-10,14-15H2,(H2,33,34,38). The topological polar surface area (TPSA) is 112 Å². The number of nitrogens with one attached hydrogen (secondary N) is 2. The number of ether oxygens (including phenoxy) is 2. The fraction of sp³-hybridized carbons (Fsp3) is 0.280. The van der Waals surface area contributed by atoms with Crippen molar-refractivity contribution in [3.8, 4) is 17.2 Å². The van der Waals surface area contributed by atoms with E-state index < -0.39 is 54.0 Å². The fourth-order valence-corrected chi connectivity index (χ4v) is 5.85. The van der Waals surface area contributed by atoms with Gasteiger partial charge in [-0.3, -0.25) is 14.7 Å². The first-order valence-electron chi connectivity index (χ1n) is 11.9. The molecule has 0 aliphatic rings. The quantitative estimate of drug-likeness (QED) is 0.0532. The van der Waals surface area contributed by atoms with E-state index in [-0.39, 0.29) is 29.2 Å². The highest BCUT2D eigenvalue weighted by Crippen LogP contribution is 2.39. The summed E-state index contributed by atoms with van der Waals surface area (Å²) in [5, 5.41) is 17.8. The van der Waals surface area contributed by atoms with E-state index in [4.69, 9.17) is 14.0 Å². The molecule has 17 heteroatoms. The molecule has 3 aromatic rings. The molecular weight excluding hydrogens is 724 g/mol. The molecule has 0 atom stereocenters. The lowest BCUT2D eigenvalue weighted by atomic mass is 10.2. The molecule has 0 amide bonds. The Kier molecular flexibility index (Phi) is 12.3. The molecule has 3 rings (SSSR count). The van der Waals surface area contributed by atoms with E-state index in [0.717, 1.165) is 42.5 Å². The Hall–Kier alpha value is -2.62. The molecule has 0 fully saturated rings. The molecule has 0 bridgehead atoms. The van der Waals surface area contributed by atoms with Gasteiger partial charge < -0.3 is 14.0 Å². The second-order valence-corrected chi connectivity index (χ2v) is 12.0. The van der Waals surface area contributed by atoms with Crippen LogP contribution in [-0.2, 0) is 28.5 Å². The molecule has 0 heterocycles. The average molecular weight is 747 g/mol. The van der Waals surface area contributed by atoms with Crippen LogP contribution in [0.4, 0.5) is 27.6 Å². The van der Waals surface area contributed by atoms with Crippen LogP contribution < -0.4 is 19.6 Å². The Morgan fingerprint density at radius 2 is 1.48 bits per heavy atom. The van der Waals surface area contributed by atoms with E-state index in [1.54, 1.807) is 0 Å². The van der Waals surface area contributed by atoms with Gasteiger partial charge in [-0.1, -0.05) is 31.9 Å². The van der Waals surface area contributed by atoms with Crippen LogP contribution in [0.3, 0.4) is 0 Å². The van der Waals surface area contributed by atoms with Gasteiger partial charge in [0.05, 0.1) is 17.1 Å². The Morgan fingerprint density at radius 1 is 0.881 bits per heavy atom. The van der Waals surface area contributed by atoms with Crippen LogP contribution in [0.1, 0.15) is 16.7 Å². The predicted octanol–water partition coefficient (Wildman–Crippen LogP) is 7.86. The van der Waals surface area contributed by atoms with Crippen molar-refractivity contribution in [1.29, 1.82) is 0 Å².